The lowest BCUT2D eigenvalue weighted by molar-refractivity contribution is -0.158. The van der Waals surface area contributed by atoms with Crippen LogP contribution in [0, 0.1) is 5.41 Å². The van der Waals surface area contributed by atoms with Gasteiger partial charge in [0.2, 0.25) is 0 Å². The average molecular weight is 274 g/mol. The minimum absolute atomic E-state index is 0.163. The van der Waals surface area contributed by atoms with Crippen LogP contribution in [-0.4, -0.2) is 24.1 Å². The van der Waals surface area contributed by atoms with Crippen LogP contribution in [0.5, 0.6) is 0 Å². The molecule has 0 N–H and O–H groups in total. The molecule has 1 aliphatic carbocycles. The Morgan fingerprint density at radius 1 is 1.20 bits per heavy atom. The predicted octanol–water partition coefficient (Wildman–Crippen LogP) is 2.56. The van der Waals surface area contributed by atoms with Crippen molar-refractivity contribution in [3.05, 3.63) is 35.9 Å². The van der Waals surface area contributed by atoms with E-state index in [2.05, 4.69) is 0 Å². The Kier molecular flexibility index (Phi) is 4.32. The summed E-state index contributed by atoms with van der Waals surface area (Å²) in [6.07, 6.45) is 1.92. The van der Waals surface area contributed by atoms with Gasteiger partial charge in [-0.15, -0.1) is 0 Å². The summed E-state index contributed by atoms with van der Waals surface area (Å²) in [4.78, 5) is 37.3. The Morgan fingerprint density at radius 3 is 2.50 bits per heavy atom. The second kappa shape index (κ2) is 5.99. The lowest BCUT2D eigenvalue weighted by Gasteiger charge is -2.31. The Labute approximate surface area is 118 Å². The van der Waals surface area contributed by atoms with Crippen LogP contribution < -0.4 is 0 Å². The number of carbonyl (C=O) groups excluding carboxylic acids is 3. The number of benzene rings is 1. The molecule has 1 aromatic rings. The van der Waals surface area contributed by atoms with Gasteiger partial charge in [0.25, 0.3) is 0 Å². The third-order valence-corrected chi connectivity index (χ3v) is 3.73. The summed E-state index contributed by atoms with van der Waals surface area (Å²) in [6, 6.07) is 8.49. The molecule has 1 saturated carbocycles. The van der Waals surface area contributed by atoms with E-state index in [0.29, 0.717) is 12.0 Å². The van der Waals surface area contributed by atoms with Crippen LogP contribution >= 0.6 is 0 Å². The third kappa shape index (κ3) is 2.38. The molecule has 0 aliphatic heterocycles. The summed E-state index contributed by atoms with van der Waals surface area (Å²) in [6.45, 7) is 1.84. The molecule has 0 radical (unpaired) electrons. The van der Waals surface area contributed by atoms with Crippen LogP contribution in [0.25, 0.3) is 0 Å². The van der Waals surface area contributed by atoms with Crippen LogP contribution in [0.2, 0.25) is 0 Å². The zero-order valence-corrected chi connectivity index (χ0v) is 11.6. The van der Waals surface area contributed by atoms with Gasteiger partial charge in [-0.1, -0.05) is 36.8 Å². The van der Waals surface area contributed by atoms with Crippen molar-refractivity contribution in [2.75, 3.05) is 6.61 Å². The van der Waals surface area contributed by atoms with Crippen molar-refractivity contribution >= 4 is 17.5 Å². The monoisotopic (exact) mass is 274 g/mol. The minimum atomic E-state index is -1.63. The highest BCUT2D eigenvalue weighted by Crippen LogP contribution is 2.37. The smallest absolute Gasteiger partial charge is 0.327 e. The Balaban J connectivity index is 2.44. The van der Waals surface area contributed by atoms with E-state index >= 15 is 0 Å². The molecular weight excluding hydrogens is 256 g/mol. The first-order valence-electron chi connectivity index (χ1n) is 6.93. The average Bonchev–Trinajstić information content (AvgIpc) is 2.48. The SMILES string of the molecule is CCOC(=O)C1(C(=O)c2ccccc2)CCCCC1=O. The maximum atomic E-state index is 12.7. The first-order valence-corrected chi connectivity index (χ1v) is 6.93. The van der Waals surface area contributed by atoms with E-state index in [-0.39, 0.29) is 25.2 Å². The highest BCUT2D eigenvalue weighted by Gasteiger charge is 2.54. The van der Waals surface area contributed by atoms with Gasteiger partial charge in [-0.25, -0.2) is 0 Å². The molecule has 0 aromatic heterocycles. The molecular formula is C16H18O4. The van der Waals surface area contributed by atoms with E-state index in [4.69, 9.17) is 4.74 Å². The molecule has 4 nitrogen and oxygen atoms in total. The van der Waals surface area contributed by atoms with Crippen molar-refractivity contribution in [2.24, 2.45) is 5.41 Å². The van der Waals surface area contributed by atoms with E-state index in [1.165, 1.54) is 0 Å². The van der Waals surface area contributed by atoms with Gasteiger partial charge in [0, 0.05) is 12.0 Å². The van der Waals surface area contributed by atoms with Gasteiger partial charge >= 0.3 is 5.97 Å². The molecule has 1 unspecified atom stereocenters. The van der Waals surface area contributed by atoms with Crippen molar-refractivity contribution < 1.29 is 19.1 Å². The molecule has 0 amide bonds. The minimum Gasteiger partial charge on any atom is -0.465 e. The molecule has 0 heterocycles. The number of rotatable bonds is 4. The number of esters is 1. The Bertz CT molecular complexity index is 521. The van der Waals surface area contributed by atoms with Gasteiger partial charge in [0.1, 0.15) is 0 Å². The summed E-state index contributed by atoms with van der Waals surface area (Å²) < 4.78 is 5.02. The predicted molar refractivity (Wildman–Crippen MR) is 73.3 cm³/mol. The third-order valence-electron chi connectivity index (χ3n) is 3.73. The fourth-order valence-electron chi connectivity index (χ4n) is 2.67. The molecule has 0 bridgehead atoms. The quantitative estimate of drug-likeness (QED) is 0.481. The summed E-state index contributed by atoms with van der Waals surface area (Å²) in [5.41, 5.74) is -1.24. The van der Waals surface area contributed by atoms with Gasteiger partial charge in [-0.05, 0) is 19.8 Å². The molecule has 106 valence electrons. The molecule has 1 fully saturated rings. The largest absolute Gasteiger partial charge is 0.465 e. The standard InChI is InChI=1S/C16H18O4/c1-2-20-15(19)16(11-7-6-10-13(16)17)14(18)12-8-4-3-5-9-12/h3-5,8-9H,2,6-7,10-11H2,1H3. The van der Waals surface area contributed by atoms with E-state index < -0.39 is 17.2 Å². The second-order valence-electron chi connectivity index (χ2n) is 4.95. The molecule has 1 atom stereocenters. The van der Waals surface area contributed by atoms with Crippen molar-refractivity contribution in [1.82, 2.24) is 0 Å². The molecule has 20 heavy (non-hydrogen) atoms. The van der Waals surface area contributed by atoms with Crippen molar-refractivity contribution in [2.45, 2.75) is 32.6 Å². The summed E-state index contributed by atoms with van der Waals surface area (Å²) in [5.74, 6) is -1.43. The molecule has 0 saturated heterocycles. The summed E-state index contributed by atoms with van der Waals surface area (Å²) >= 11 is 0. The summed E-state index contributed by atoms with van der Waals surface area (Å²) in [5, 5.41) is 0. The number of ether oxygens (including phenoxy) is 1. The van der Waals surface area contributed by atoms with Crippen LogP contribution in [0.3, 0.4) is 0 Å². The molecule has 1 aliphatic rings. The van der Waals surface area contributed by atoms with Crippen LogP contribution in [-0.2, 0) is 14.3 Å². The van der Waals surface area contributed by atoms with Crippen molar-refractivity contribution in [3.63, 3.8) is 0 Å². The maximum Gasteiger partial charge on any atom is 0.327 e. The van der Waals surface area contributed by atoms with Gasteiger partial charge in [0.15, 0.2) is 17.0 Å². The van der Waals surface area contributed by atoms with Gasteiger partial charge in [-0.3, -0.25) is 14.4 Å². The molecule has 1 aromatic carbocycles. The number of Topliss-reactive ketones (excluding diaryl/α,β-unsaturated/α-hetero) is 2. The van der Waals surface area contributed by atoms with Crippen LogP contribution in [0.4, 0.5) is 0 Å². The second-order valence-corrected chi connectivity index (χ2v) is 4.95. The van der Waals surface area contributed by atoms with Crippen molar-refractivity contribution in [1.29, 1.82) is 0 Å². The van der Waals surface area contributed by atoms with E-state index in [1.54, 1.807) is 37.3 Å². The first kappa shape index (κ1) is 14.4. The lowest BCUT2D eigenvalue weighted by atomic mass is 9.68. The fourth-order valence-corrected chi connectivity index (χ4v) is 2.67. The zero-order valence-electron chi connectivity index (χ0n) is 11.6. The van der Waals surface area contributed by atoms with Crippen molar-refractivity contribution in [3.8, 4) is 0 Å². The Hall–Kier alpha value is -1.97. The molecule has 4 heteroatoms. The number of hydrogen-bond acceptors (Lipinski definition) is 4. The Morgan fingerprint density at radius 2 is 1.90 bits per heavy atom. The highest BCUT2D eigenvalue weighted by molar-refractivity contribution is 6.27. The zero-order chi connectivity index (χ0) is 14.6. The number of hydrogen-bond donors (Lipinski definition) is 0. The van der Waals surface area contributed by atoms with Gasteiger partial charge in [-0.2, -0.15) is 0 Å². The highest BCUT2D eigenvalue weighted by atomic mass is 16.5. The van der Waals surface area contributed by atoms with E-state index in [0.717, 1.165) is 6.42 Å². The first-order chi connectivity index (χ1) is 9.63. The summed E-state index contributed by atoms with van der Waals surface area (Å²) in [7, 11) is 0. The number of ketones is 2. The maximum absolute atomic E-state index is 12.7. The lowest BCUT2D eigenvalue weighted by Crippen LogP contribution is -2.49. The van der Waals surface area contributed by atoms with Crippen LogP contribution in [0.1, 0.15) is 43.0 Å². The molecule has 2 rings (SSSR count). The normalized spacial score (nSPS) is 22.4. The van der Waals surface area contributed by atoms with Gasteiger partial charge in [0.05, 0.1) is 6.61 Å². The number of carbonyl (C=O) groups is 3. The topological polar surface area (TPSA) is 60.4 Å². The molecule has 0 spiro atoms. The van der Waals surface area contributed by atoms with Gasteiger partial charge < -0.3 is 4.74 Å². The fraction of sp³-hybridized carbons (Fsp3) is 0.438. The van der Waals surface area contributed by atoms with Crippen LogP contribution in [0.15, 0.2) is 30.3 Å². The van der Waals surface area contributed by atoms with E-state index in [9.17, 15) is 14.4 Å². The van der Waals surface area contributed by atoms with E-state index in [1.807, 2.05) is 0 Å².